The van der Waals surface area contributed by atoms with Crippen molar-refractivity contribution in [2.24, 2.45) is 0 Å². The number of carbonyl (C=O) groups is 1. The number of esters is 1. The fourth-order valence-corrected chi connectivity index (χ4v) is 4.54. The smallest absolute Gasteiger partial charge is 0.311 e. The summed E-state index contributed by atoms with van der Waals surface area (Å²) in [5.74, 6) is 0.267. The van der Waals surface area contributed by atoms with E-state index in [1.165, 1.54) is 76.2 Å². The molecule has 3 rings (SSSR count). The Morgan fingerprint density at radius 1 is 0.842 bits per heavy atom. The van der Waals surface area contributed by atoms with Gasteiger partial charge in [-0.2, -0.15) is 0 Å². The van der Waals surface area contributed by atoms with Crippen molar-refractivity contribution in [3.63, 3.8) is 0 Å². The molecule has 204 valence electrons. The summed E-state index contributed by atoms with van der Waals surface area (Å²) in [6.45, 7) is 2.26. The molecule has 5 heteroatoms. The maximum Gasteiger partial charge on any atom is 0.311 e. The number of carbonyl (C=O) groups excluding carboxylic acids is 1. The van der Waals surface area contributed by atoms with Crippen molar-refractivity contribution in [3.05, 3.63) is 71.1 Å². The van der Waals surface area contributed by atoms with Gasteiger partial charge in [-0.3, -0.25) is 9.59 Å². The first-order valence-electron chi connectivity index (χ1n) is 14.3. The molecule has 0 amide bonds. The Morgan fingerprint density at radius 3 is 2.16 bits per heavy atom. The van der Waals surface area contributed by atoms with E-state index in [2.05, 4.69) is 19.1 Å². The number of ether oxygens (including phenoxy) is 1. The van der Waals surface area contributed by atoms with Crippen LogP contribution >= 0.6 is 0 Å². The van der Waals surface area contributed by atoms with E-state index in [9.17, 15) is 14.7 Å². The Bertz CT molecular complexity index is 1210. The second-order valence-electron chi connectivity index (χ2n) is 9.99. The lowest BCUT2D eigenvalue weighted by Gasteiger charge is -2.07. The molecule has 5 nitrogen and oxygen atoms in total. The first-order valence-corrected chi connectivity index (χ1v) is 14.3. The van der Waals surface area contributed by atoms with Crippen molar-refractivity contribution < 1.29 is 19.1 Å². The predicted molar refractivity (Wildman–Crippen MR) is 155 cm³/mol. The number of benzene rings is 2. The number of hydrogen-bond acceptors (Lipinski definition) is 5. The first-order chi connectivity index (χ1) is 18.6. The van der Waals surface area contributed by atoms with Gasteiger partial charge in [-0.1, -0.05) is 82.6 Å². The number of fused-ring (bicyclic) bond motifs is 1. The first kappa shape index (κ1) is 29.2. The van der Waals surface area contributed by atoms with E-state index in [1.54, 1.807) is 30.3 Å². The monoisotopic (exact) mass is 518 g/mol. The van der Waals surface area contributed by atoms with E-state index in [4.69, 9.17) is 9.15 Å². The van der Waals surface area contributed by atoms with Crippen LogP contribution in [0.3, 0.4) is 0 Å². The average Bonchev–Trinajstić information content (AvgIpc) is 2.91. The Morgan fingerprint density at radius 2 is 1.47 bits per heavy atom. The molecule has 1 aromatic heterocycles. The molecule has 0 aliphatic rings. The molecule has 0 radical (unpaired) electrons. The molecular weight excluding hydrogens is 476 g/mol. The standard InChI is InChI=1S/C33H42O5/c1-2-3-4-5-6-7-8-9-10-11-12-13-14-15-16-17-32(35)38-28-21-18-26(19-22-28)30-25-37-31-24-27(34)20-23-29(31)33(30)36/h9-10,18-25,34H,2-8,11-17H2,1H3/b10-9+. The molecule has 0 bridgehead atoms. The van der Waals surface area contributed by atoms with E-state index in [1.807, 2.05) is 0 Å². The zero-order chi connectivity index (χ0) is 27.0. The molecule has 0 fully saturated rings. The van der Waals surface area contributed by atoms with Crippen molar-refractivity contribution in [2.75, 3.05) is 0 Å². The summed E-state index contributed by atoms with van der Waals surface area (Å²) in [5, 5.41) is 9.97. The summed E-state index contributed by atoms with van der Waals surface area (Å²) in [4.78, 5) is 25.0. The number of phenols is 1. The molecule has 0 aliphatic carbocycles. The third-order valence-corrected chi connectivity index (χ3v) is 6.80. The molecule has 1 heterocycles. The van der Waals surface area contributed by atoms with Crippen LogP contribution < -0.4 is 10.2 Å². The molecule has 0 saturated heterocycles. The van der Waals surface area contributed by atoms with Crippen LogP contribution in [0.15, 0.2) is 70.1 Å². The van der Waals surface area contributed by atoms with E-state index in [0.29, 0.717) is 34.3 Å². The van der Waals surface area contributed by atoms with Crippen LogP contribution in [0.25, 0.3) is 22.1 Å². The summed E-state index contributed by atoms with van der Waals surface area (Å²) >= 11 is 0. The van der Waals surface area contributed by atoms with Crippen molar-refractivity contribution in [3.8, 4) is 22.6 Å². The van der Waals surface area contributed by atoms with Gasteiger partial charge in [0.1, 0.15) is 23.3 Å². The van der Waals surface area contributed by atoms with Crippen LogP contribution in [0.1, 0.15) is 96.8 Å². The van der Waals surface area contributed by atoms with Gasteiger partial charge in [0.05, 0.1) is 10.9 Å². The lowest BCUT2D eigenvalue weighted by atomic mass is 10.1. The van der Waals surface area contributed by atoms with E-state index >= 15 is 0 Å². The quantitative estimate of drug-likeness (QED) is 0.0834. The van der Waals surface area contributed by atoms with Crippen LogP contribution in [-0.4, -0.2) is 11.1 Å². The SMILES string of the molecule is CCCCCCCC/C=C/CCCCCCCC(=O)Oc1ccc(-c2coc3cc(O)ccc3c2=O)cc1. The maximum absolute atomic E-state index is 12.8. The summed E-state index contributed by atoms with van der Waals surface area (Å²) in [6, 6.07) is 11.3. The number of phenolic OH excluding ortho intramolecular Hbond substituents is 1. The third-order valence-electron chi connectivity index (χ3n) is 6.80. The van der Waals surface area contributed by atoms with Crippen LogP contribution in [0.5, 0.6) is 11.5 Å². The highest BCUT2D eigenvalue weighted by molar-refractivity contribution is 5.82. The number of allylic oxidation sites excluding steroid dienone is 2. The van der Waals surface area contributed by atoms with Gasteiger partial charge in [0, 0.05) is 12.5 Å². The maximum atomic E-state index is 12.8. The Balaban J connectivity index is 1.28. The van der Waals surface area contributed by atoms with E-state index in [-0.39, 0.29) is 17.1 Å². The van der Waals surface area contributed by atoms with Gasteiger partial charge in [-0.05, 0) is 61.9 Å². The topological polar surface area (TPSA) is 76.7 Å². The molecular formula is C33H42O5. The fraction of sp³-hybridized carbons (Fsp3) is 0.455. The molecule has 0 saturated carbocycles. The lowest BCUT2D eigenvalue weighted by molar-refractivity contribution is -0.134. The van der Waals surface area contributed by atoms with Crippen molar-refractivity contribution in [2.45, 2.75) is 96.8 Å². The molecule has 2 aromatic carbocycles. The highest BCUT2D eigenvalue weighted by atomic mass is 16.5. The largest absolute Gasteiger partial charge is 0.508 e. The van der Waals surface area contributed by atoms with Crippen molar-refractivity contribution >= 4 is 16.9 Å². The lowest BCUT2D eigenvalue weighted by Crippen LogP contribution is -2.08. The Kier molecular flexibility index (Phi) is 12.7. The summed E-state index contributed by atoms with van der Waals surface area (Å²) < 4.78 is 11.0. The number of hydrogen-bond donors (Lipinski definition) is 1. The molecule has 0 aliphatic heterocycles. The minimum Gasteiger partial charge on any atom is -0.508 e. The second-order valence-corrected chi connectivity index (χ2v) is 9.99. The minimum absolute atomic E-state index is 0.0429. The number of unbranched alkanes of at least 4 members (excludes halogenated alkanes) is 11. The van der Waals surface area contributed by atoms with Crippen LogP contribution in [0.2, 0.25) is 0 Å². The average molecular weight is 519 g/mol. The zero-order valence-electron chi connectivity index (χ0n) is 22.8. The summed E-state index contributed by atoms with van der Waals surface area (Å²) in [7, 11) is 0. The molecule has 38 heavy (non-hydrogen) atoms. The van der Waals surface area contributed by atoms with E-state index in [0.717, 1.165) is 25.7 Å². The van der Waals surface area contributed by atoms with Gasteiger partial charge in [-0.15, -0.1) is 0 Å². The summed E-state index contributed by atoms with van der Waals surface area (Å²) in [6.07, 6.45) is 22.3. The number of rotatable bonds is 17. The molecule has 0 unspecified atom stereocenters. The van der Waals surface area contributed by atoms with E-state index < -0.39 is 0 Å². The highest BCUT2D eigenvalue weighted by Crippen LogP contribution is 2.24. The predicted octanol–water partition coefficient (Wildman–Crippen LogP) is 9.11. The van der Waals surface area contributed by atoms with Crippen LogP contribution in [0.4, 0.5) is 0 Å². The van der Waals surface area contributed by atoms with Crippen molar-refractivity contribution in [1.29, 1.82) is 0 Å². The third kappa shape index (κ3) is 9.85. The Hall–Kier alpha value is -3.34. The summed E-state index contributed by atoms with van der Waals surface area (Å²) in [5.41, 5.74) is 1.24. The normalized spacial score (nSPS) is 11.4. The van der Waals surface area contributed by atoms with Crippen molar-refractivity contribution in [1.82, 2.24) is 0 Å². The highest BCUT2D eigenvalue weighted by Gasteiger charge is 2.11. The van der Waals surface area contributed by atoms with Crippen LogP contribution in [0, 0.1) is 0 Å². The second kappa shape index (κ2) is 16.5. The number of aromatic hydroxyl groups is 1. The Labute approximate surface area is 226 Å². The van der Waals surface area contributed by atoms with Gasteiger partial charge in [0.15, 0.2) is 5.43 Å². The molecule has 0 spiro atoms. The van der Waals surface area contributed by atoms with Crippen LogP contribution in [-0.2, 0) is 4.79 Å². The van der Waals surface area contributed by atoms with Gasteiger partial charge >= 0.3 is 5.97 Å². The van der Waals surface area contributed by atoms with Gasteiger partial charge < -0.3 is 14.3 Å². The van der Waals surface area contributed by atoms with Gasteiger partial charge in [-0.25, -0.2) is 0 Å². The zero-order valence-corrected chi connectivity index (χ0v) is 22.8. The molecule has 0 atom stereocenters. The van der Waals surface area contributed by atoms with Gasteiger partial charge in [0.2, 0.25) is 0 Å². The van der Waals surface area contributed by atoms with Gasteiger partial charge in [0.25, 0.3) is 0 Å². The minimum atomic E-state index is -0.236. The molecule has 3 aromatic rings. The molecule has 1 N–H and O–H groups in total. The fourth-order valence-electron chi connectivity index (χ4n) is 4.54.